The first-order valence-corrected chi connectivity index (χ1v) is 6.50. The van der Waals surface area contributed by atoms with E-state index in [-0.39, 0.29) is 0 Å². The molecule has 2 rings (SSSR count). The monoisotopic (exact) mass is 276 g/mol. The van der Waals surface area contributed by atoms with E-state index in [0.29, 0.717) is 16.3 Å². The Balaban J connectivity index is 2.44. The zero-order valence-corrected chi connectivity index (χ0v) is 12.0. The molecular formula is C16H17ClO2. The number of ether oxygens (including phenoxy) is 1. The summed E-state index contributed by atoms with van der Waals surface area (Å²) in [5, 5.41) is 11.0. The first kappa shape index (κ1) is 13.9. The van der Waals surface area contributed by atoms with Gasteiger partial charge in [0.15, 0.2) is 0 Å². The highest BCUT2D eigenvalue weighted by molar-refractivity contribution is 6.31. The molecule has 0 aliphatic carbocycles. The number of hydrogen-bond donors (Lipinski definition) is 1. The molecule has 0 aliphatic heterocycles. The Morgan fingerprint density at radius 2 is 1.84 bits per heavy atom. The van der Waals surface area contributed by atoms with Crippen LogP contribution in [-0.2, 0) is 0 Å². The highest BCUT2D eigenvalue weighted by atomic mass is 35.5. The van der Waals surface area contributed by atoms with Gasteiger partial charge in [-0.15, -0.1) is 0 Å². The van der Waals surface area contributed by atoms with Gasteiger partial charge < -0.3 is 9.84 Å². The molecule has 2 nitrogen and oxygen atoms in total. The molecule has 0 aromatic heterocycles. The Hall–Kier alpha value is -1.51. The molecule has 1 atom stereocenters. The number of rotatable bonds is 3. The molecule has 0 heterocycles. The molecule has 0 radical (unpaired) electrons. The van der Waals surface area contributed by atoms with Crippen molar-refractivity contribution in [2.24, 2.45) is 0 Å². The maximum atomic E-state index is 10.5. The van der Waals surface area contributed by atoms with Gasteiger partial charge in [0.1, 0.15) is 11.9 Å². The molecule has 0 saturated carbocycles. The van der Waals surface area contributed by atoms with Gasteiger partial charge in [0.2, 0.25) is 0 Å². The summed E-state index contributed by atoms with van der Waals surface area (Å²) in [4.78, 5) is 0. The average molecular weight is 277 g/mol. The van der Waals surface area contributed by atoms with Crippen LogP contribution in [0, 0.1) is 13.8 Å². The molecule has 0 fully saturated rings. The molecule has 3 heteroatoms. The SMILES string of the molecule is COc1ccc(C(O)c2cccc(C)c2C)c(Cl)c1. The third-order valence-electron chi connectivity index (χ3n) is 3.44. The minimum atomic E-state index is -0.724. The molecule has 0 bridgehead atoms. The lowest BCUT2D eigenvalue weighted by Gasteiger charge is -2.17. The number of hydrogen-bond acceptors (Lipinski definition) is 2. The van der Waals surface area contributed by atoms with Gasteiger partial charge in [-0.2, -0.15) is 0 Å². The van der Waals surface area contributed by atoms with Crippen LogP contribution >= 0.6 is 11.6 Å². The summed E-state index contributed by atoms with van der Waals surface area (Å²) >= 11 is 6.21. The van der Waals surface area contributed by atoms with E-state index in [4.69, 9.17) is 16.3 Å². The van der Waals surface area contributed by atoms with Crippen LogP contribution in [0.3, 0.4) is 0 Å². The molecule has 2 aromatic rings. The van der Waals surface area contributed by atoms with Crippen molar-refractivity contribution in [2.45, 2.75) is 20.0 Å². The topological polar surface area (TPSA) is 29.5 Å². The fourth-order valence-corrected chi connectivity index (χ4v) is 2.37. The van der Waals surface area contributed by atoms with E-state index in [1.807, 2.05) is 32.0 Å². The van der Waals surface area contributed by atoms with Crippen molar-refractivity contribution in [3.8, 4) is 5.75 Å². The predicted octanol–water partition coefficient (Wildman–Crippen LogP) is 4.05. The summed E-state index contributed by atoms with van der Waals surface area (Å²) in [5.41, 5.74) is 3.81. The van der Waals surface area contributed by atoms with Crippen molar-refractivity contribution in [1.82, 2.24) is 0 Å². The number of aliphatic hydroxyl groups is 1. The van der Waals surface area contributed by atoms with E-state index in [1.54, 1.807) is 25.3 Å². The Morgan fingerprint density at radius 3 is 2.47 bits per heavy atom. The van der Waals surface area contributed by atoms with Crippen molar-refractivity contribution in [2.75, 3.05) is 7.11 Å². The molecule has 0 spiro atoms. The van der Waals surface area contributed by atoms with Gasteiger partial charge in [0.25, 0.3) is 0 Å². The van der Waals surface area contributed by atoms with Gasteiger partial charge in [-0.1, -0.05) is 35.9 Å². The van der Waals surface area contributed by atoms with E-state index in [9.17, 15) is 5.11 Å². The van der Waals surface area contributed by atoms with Crippen LogP contribution < -0.4 is 4.74 Å². The lowest BCUT2D eigenvalue weighted by atomic mass is 9.95. The van der Waals surface area contributed by atoms with Gasteiger partial charge in [-0.25, -0.2) is 0 Å². The molecule has 19 heavy (non-hydrogen) atoms. The van der Waals surface area contributed by atoms with Gasteiger partial charge in [0, 0.05) is 5.56 Å². The molecule has 0 aliphatic rings. The highest BCUT2D eigenvalue weighted by Gasteiger charge is 2.17. The molecule has 0 saturated heterocycles. The van der Waals surface area contributed by atoms with E-state index < -0.39 is 6.10 Å². The van der Waals surface area contributed by atoms with Crippen LogP contribution in [0.2, 0.25) is 5.02 Å². The maximum absolute atomic E-state index is 10.5. The quantitative estimate of drug-likeness (QED) is 0.916. The number of aliphatic hydroxyl groups excluding tert-OH is 1. The van der Waals surface area contributed by atoms with Crippen molar-refractivity contribution in [3.05, 3.63) is 63.7 Å². The first-order chi connectivity index (χ1) is 9.04. The van der Waals surface area contributed by atoms with Crippen molar-refractivity contribution < 1.29 is 9.84 Å². The molecule has 1 N–H and O–H groups in total. The molecule has 100 valence electrons. The maximum Gasteiger partial charge on any atom is 0.120 e. The van der Waals surface area contributed by atoms with Crippen molar-refractivity contribution in [3.63, 3.8) is 0 Å². The fraction of sp³-hybridized carbons (Fsp3) is 0.250. The standard InChI is InChI=1S/C16H17ClO2/c1-10-5-4-6-13(11(10)2)16(18)14-8-7-12(19-3)9-15(14)17/h4-9,16,18H,1-3H3. The second-order valence-electron chi connectivity index (χ2n) is 4.58. The summed E-state index contributed by atoms with van der Waals surface area (Å²) in [6.07, 6.45) is -0.724. The number of benzene rings is 2. The third-order valence-corrected chi connectivity index (χ3v) is 3.77. The summed E-state index contributed by atoms with van der Waals surface area (Å²) < 4.78 is 5.11. The predicted molar refractivity (Wildman–Crippen MR) is 78.0 cm³/mol. The van der Waals surface area contributed by atoms with Crippen LogP contribution in [0.4, 0.5) is 0 Å². The second-order valence-corrected chi connectivity index (χ2v) is 4.99. The number of aryl methyl sites for hydroxylation is 1. The third kappa shape index (κ3) is 2.75. The summed E-state index contributed by atoms with van der Waals surface area (Å²) in [5.74, 6) is 0.682. The van der Waals surface area contributed by atoms with Gasteiger partial charge in [-0.05, 0) is 42.7 Å². The van der Waals surface area contributed by atoms with Crippen LogP contribution in [0.15, 0.2) is 36.4 Å². The minimum absolute atomic E-state index is 0.507. The zero-order valence-electron chi connectivity index (χ0n) is 11.3. The molecule has 2 aromatic carbocycles. The molecular weight excluding hydrogens is 260 g/mol. The van der Waals surface area contributed by atoms with E-state index in [1.165, 1.54) is 0 Å². The molecule has 0 amide bonds. The van der Waals surface area contributed by atoms with Crippen LogP contribution in [0.1, 0.15) is 28.4 Å². The second kappa shape index (κ2) is 5.64. The highest BCUT2D eigenvalue weighted by Crippen LogP contribution is 2.32. The van der Waals surface area contributed by atoms with Crippen molar-refractivity contribution >= 4 is 11.6 Å². The van der Waals surface area contributed by atoms with Crippen LogP contribution in [0.5, 0.6) is 5.75 Å². The van der Waals surface area contributed by atoms with E-state index >= 15 is 0 Å². The number of halogens is 1. The fourth-order valence-electron chi connectivity index (χ4n) is 2.09. The van der Waals surface area contributed by atoms with E-state index in [2.05, 4.69) is 0 Å². The summed E-state index contributed by atoms with van der Waals surface area (Å²) in [6, 6.07) is 11.2. The first-order valence-electron chi connectivity index (χ1n) is 6.12. The van der Waals surface area contributed by atoms with Crippen molar-refractivity contribution in [1.29, 1.82) is 0 Å². The van der Waals surface area contributed by atoms with Crippen LogP contribution in [0.25, 0.3) is 0 Å². The Morgan fingerprint density at radius 1 is 1.11 bits per heavy atom. The van der Waals surface area contributed by atoms with Gasteiger partial charge in [0.05, 0.1) is 12.1 Å². The Labute approximate surface area is 118 Å². The minimum Gasteiger partial charge on any atom is -0.497 e. The van der Waals surface area contributed by atoms with Crippen LogP contribution in [-0.4, -0.2) is 12.2 Å². The van der Waals surface area contributed by atoms with Gasteiger partial charge >= 0.3 is 0 Å². The van der Waals surface area contributed by atoms with Gasteiger partial charge in [-0.3, -0.25) is 0 Å². The summed E-state index contributed by atoms with van der Waals surface area (Å²) in [6.45, 7) is 4.03. The lowest BCUT2D eigenvalue weighted by molar-refractivity contribution is 0.219. The normalized spacial score (nSPS) is 12.3. The Kier molecular flexibility index (Phi) is 4.13. The molecule has 1 unspecified atom stereocenters. The average Bonchev–Trinajstić information content (AvgIpc) is 2.41. The van der Waals surface area contributed by atoms with E-state index in [0.717, 1.165) is 16.7 Å². The summed E-state index contributed by atoms with van der Waals surface area (Å²) in [7, 11) is 1.59. The lowest BCUT2D eigenvalue weighted by Crippen LogP contribution is -2.04. The zero-order chi connectivity index (χ0) is 14.0. The smallest absolute Gasteiger partial charge is 0.120 e. The Bertz CT molecular complexity index is 593. The largest absolute Gasteiger partial charge is 0.497 e. The number of methoxy groups -OCH3 is 1.